The molecule has 0 aliphatic rings. The van der Waals surface area contributed by atoms with Crippen LogP contribution in [0.4, 0.5) is 9.59 Å². The fourth-order valence-electron chi connectivity index (χ4n) is 1.22. The minimum absolute atomic E-state index is 0.0842. The van der Waals surface area contributed by atoms with Crippen LogP contribution >= 0.6 is 31.9 Å². The second-order valence-electron chi connectivity index (χ2n) is 3.89. The lowest BCUT2D eigenvalue weighted by Crippen LogP contribution is -2.27. The molecule has 0 saturated carbocycles. The van der Waals surface area contributed by atoms with Crippen molar-refractivity contribution in [3.05, 3.63) is 26.6 Å². The van der Waals surface area contributed by atoms with Crippen LogP contribution < -0.4 is 10.2 Å². The molecule has 1 aromatic carbocycles. The van der Waals surface area contributed by atoms with Crippen molar-refractivity contribution >= 4 is 50.1 Å². The van der Waals surface area contributed by atoms with Crippen molar-refractivity contribution in [1.29, 1.82) is 5.26 Å². The number of carbonyl (C=O) groups excluding carboxylic acids is 3. The van der Waals surface area contributed by atoms with Crippen molar-refractivity contribution in [3.63, 3.8) is 0 Å². The fraction of sp³-hybridized carbons (Fsp3) is 0.231. The Labute approximate surface area is 158 Å². The summed E-state index contributed by atoms with van der Waals surface area (Å²) >= 11 is 6.29. The highest BCUT2D eigenvalue weighted by atomic mass is 79.9. The van der Waals surface area contributed by atoms with E-state index in [4.69, 9.17) is 10.00 Å². The van der Waals surface area contributed by atoms with Crippen molar-refractivity contribution in [2.75, 3.05) is 20.5 Å². The lowest BCUT2D eigenvalue weighted by molar-refractivity contribution is -0.159. The Balaban J connectivity index is 2.37. The zero-order chi connectivity index (χ0) is 18.8. The maximum Gasteiger partial charge on any atom is 0.516 e. The number of esters is 1. The van der Waals surface area contributed by atoms with E-state index in [1.165, 1.54) is 12.1 Å². The molecular formula is C13H10Br2N2O8. The van der Waals surface area contributed by atoms with Crippen molar-refractivity contribution in [2.24, 2.45) is 0 Å². The molecule has 0 fully saturated rings. The van der Waals surface area contributed by atoms with E-state index in [1.54, 1.807) is 5.48 Å². The summed E-state index contributed by atoms with van der Waals surface area (Å²) in [6, 6.07) is 4.82. The smallest absolute Gasteiger partial charge is 0.451 e. The summed E-state index contributed by atoms with van der Waals surface area (Å²) in [4.78, 5) is 37.9. The van der Waals surface area contributed by atoms with E-state index in [1.807, 2.05) is 6.07 Å². The SMILES string of the molecule is COC(=O)NOCC(=O)OCOC(=O)Oc1c(Br)cc(C#N)cc1Br. The third-order valence-electron chi connectivity index (χ3n) is 2.24. The van der Waals surface area contributed by atoms with Crippen LogP contribution in [0.5, 0.6) is 5.75 Å². The molecule has 0 bridgehead atoms. The number of benzene rings is 1. The van der Waals surface area contributed by atoms with Crippen LogP contribution in [0.3, 0.4) is 0 Å². The third kappa shape index (κ3) is 7.38. The van der Waals surface area contributed by atoms with Crippen LogP contribution in [0.25, 0.3) is 0 Å². The topological polar surface area (TPSA) is 133 Å². The van der Waals surface area contributed by atoms with Crippen molar-refractivity contribution in [2.45, 2.75) is 0 Å². The maximum absolute atomic E-state index is 11.5. The molecule has 1 amide bonds. The first kappa shape index (κ1) is 20.7. The van der Waals surface area contributed by atoms with Gasteiger partial charge in [-0.1, -0.05) is 0 Å². The number of halogens is 2. The van der Waals surface area contributed by atoms with Gasteiger partial charge >= 0.3 is 18.2 Å². The Kier molecular flexibility index (Phi) is 8.68. The van der Waals surface area contributed by atoms with E-state index in [2.05, 4.69) is 50.9 Å². The van der Waals surface area contributed by atoms with Gasteiger partial charge in [-0.15, -0.1) is 0 Å². The van der Waals surface area contributed by atoms with Gasteiger partial charge in [0.1, 0.15) is 0 Å². The average Bonchev–Trinajstić information content (AvgIpc) is 2.57. The predicted octanol–water partition coefficient (Wildman–Crippen LogP) is 2.39. The summed E-state index contributed by atoms with van der Waals surface area (Å²) in [5.74, 6) is -0.828. The molecule has 0 aromatic heterocycles. The Hall–Kier alpha value is -2.36. The molecular weight excluding hydrogens is 472 g/mol. The Bertz CT molecular complexity index is 681. The van der Waals surface area contributed by atoms with Crippen LogP contribution in [-0.2, 0) is 23.8 Å². The molecule has 0 radical (unpaired) electrons. The minimum Gasteiger partial charge on any atom is -0.451 e. The largest absolute Gasteiger partial charge is 0.516 e. The molecule has 0 saturated heterocycles. The highest BCUT2D eigenvalue weighted by Crippen LogP contribution is 2.34. The Morgan fingerprint density at radius 3 is 2.40 bits per heavy atom. The summed E-state index contributed by atoms with van der Waals surface area (Å²) < 4.78 is 18.9. The van der Waals surface area contributed by atoms with Gasteiger partial charge in [-0.2, -0.15) is 10.7 Å². The van der Waals surface area contributed by atoms with Gasteiger partial charge in [0, 0.05) is 0 Å². The summed E-state index contributed by atoms with van der Waals surface area (Å²) in [5.41, 5.74) is 2.13. The molecule has 0 atom stereocenters. The summed E-state index contributed by atoms with van der Waals surface area (Å²) in [6.07, 6.45) is -2.04. The van der Waals surface area contributed by atoms with Crippen molar-refractivity contribution in [3.8, 4) is 11.8 Å². The van der Waals surface area contributed by atoms with Gasteiger partial charge in [-0.25, -0.2) is 14.4 Å². The number of hydrogen-bond acceptors (Lipinski definition) is 9. The van der Waals surface area contributed by atoms with Crippen molar-refractivity contribution in [1.82, 2.24) is 5.48 Å². The Morgan fingerprint density at radius 1 is 1.20 bits per heavy atom. The molecule has 25 heavy (non-hydrogen) atoms. The number of amides is 1. The van der Waals surface area contributed by atoms with E-state index in [9.17, 15) is 14.4 Å². The summed E-state index contributed by atoms with van der Waals surface area (Å²) in [7, 11) is 1.11. The van der Waals surface area contributed by atoms with Crippen LogP contribution in [0.2, 0.25) is 0 Å². The number of nitriles is 1. The highest BCUT2D eigenvalue weighted by molar-refractivity contribution is 9.11. The molecule has 0 unspecified atom stereocenters. The second-order valence-corrected chi connectivity index (χ2v) is 5.60. The molecule has 0 aliphatic heterocycles. The Morgan fingerprint density at radius 2 is 1.84 bits per heavy atom. The van der Waals surface area contributed by atoms with Gasteiger partial charge < -0.3 is 18.9 Å². The molecule has 0 heterocycles. The van der Waals surface area contributed by atoms with Gasteiger partial charge in [0.25, 0.3) is 0 Å². The van der Waals surface area contributed by atoms with Crippen molar-refractivity contribution < 1.29 is 38.2 Å². The molecule has 1 N–H and O–H groups in total. The van der Waals surface area contributed by atoms with E-state index in [0.717, 1.165) is 7.11 Å². The molecule has 0 aliphatic carbocycles. The van der Waals surface area contributed by atoms with E-state index >= 15 is 0 Å². The van der Waals surface area contributed by atoms with Gasteiger partial charge in [0.2, 0.25) is 6.79 Å². The molecule has 10 nitrogen and oxygen atoms in total. The second kappa shape index (κ2) is 10.5. The zero-order valence-corrected chi connectivity index (χ0v) is 15.7. The first-order valence-electron chi connectivity index (χ1n) is 6.22. The van der Waals surface area contributed by atoms with E-state index < -0.39 is 31.6 Å². The molecule has 134 valence electrons. The van der Waals surface area contributed by atoms with Crippen LogP contribution in [0.1, 0.15) is 5.56 Å². The third-order valence-corrected chi connectivity index (χ3v) is 3.42. The molecule has 1 aromatic rings. The number of carbonyl (C=O) groups is 3. The predicted molar refractivity (Wildman–Crippen MR) is 86.1 cm³/mol. The number of ether oxygens (including phenoxy) is 4. The lowest BCUT2D eigenvalue weighted by atomic mass is 10.2. The minimum atomic E-state index is -1.15. The molecule has 12 heteroatoms. The lowest BCUT2D eigenvalue weighted by Gasteiger charge is -2.10. The van der Waals surface area contributed by atoms with Crippen LogP contribution in [-0.4, -0.2) is 38.7 Å². The number of nitrogens with one attached hydrogen (secondary N) is 1. The van der Waals surface area contributed by atoms with Gasteiger partial charge in [-0.05, 0) is 44.0 Å². The van der Waals surface area contributed by atoms with Gasteiger partial charge in [0.15, 0.2) is 12.4 Å². The normalized spacial score (nSPS) is 9.52. The maximum atomic E-state index is 11.5. The zero-order valence-electron chi connectivity index (χ0n) is 12.5. The van der Waals surface area contributed by atoms with E-state index in [0.29, 0.717) is 14.5 Å². The summed E-state index contributed by atoms with van der Waals surface area (Å²) in [5, 5.41) is 8.82. The molecule has 0 spiro atoms. The number of hydroxylamine groups is 1. The number of methoxy groups -OCH3 is 1. The molecule has 1 rings (SSSR count). The highest BCUT2D eigenvalue weighted by Gasteiger charge is 2.15. The fourth-order valence-corrected chi connectivity index (χ4v) is 2.56. The number of hydrogen-bond donors (Lipinski definition) is 1. The van der Waals surface area contributed by atoms with Crippen LogP contribution in [0, 0.1) is 11.3 Å². The first-order chi connectivity index (χ1) is 11.9. The average molecular weight is 482 g/mol. The van der Waals surface area contributed by atoms with Gasteiger partial charge in [-0.3, -0.25) is 4.84 Å². The number of nitrogens with zero attached hydrogens (tertiary/aromatic N) is 1. The van der Waals surface area contributed by atoms with E-state index in [-0.39, 0.29) is 5.75 Å². The number of rotatable bonds is 6. The van der Waals surface area contributed by atoms with Crippen LogP contribution in [0.15, 0.2) is 21.1 Å². The quantitative estimate of drug-likeness (QED) is 0.281. The monoisotopic (exact) mass is 480 g/mol. The summed E-state index contributed by atoms with van der Waals surface area (Å²) in [6.45, 7) is -1.36. The first-order valence-corrected chi connectivity index (χ1v) is 7.81. The standard InChI is InChI=1S/C13H10Br2N2O8/c1-21-12(19)17-24-5-10(18)22-6-23-13(20)25-11-8(14)2-7(4-16)3-9(11)15/h2-3H,5-6H2,1H3,(H,17,19). The van der Waals surface area contributed by atoms with Gasteiger partial charge in [0.05, 0.1) is 27.7 Å².